The molecule has 1 aromatic carbocycles. The van der Waals surface area contributed by atoms with Crippen LogP contribution in [0.2, 0.25) is 0 Å². The summed E-state index contributed by atoms with van der Waals surface area (Å²) < 4.78 is 32.6. The van der Waals surface area contributed by atoms with Crippen molar-refractivity contribution in [1.29, 1.82) is 0 Å². The van der Waals surface area contributed by atoms with Crippen LogP contribution in [0.4, 0.5) is 5.69 Å². The van der Waals surface area contributed by atoms with Crippen LogP contribution >= 0.6 is 12.2 Å². The van der Waals surface area contributed by atoms with Gasteiger partial charge in [0.2, 0.25) is 10.0 Å². The fourth-order valence-corrected chi connectivity index (χ4v) is 5.60. The molecule has 0 spiro atoms. The summed E-state index contributed by atoms with van der Waals surface area (Å²) in [6, 6.07) is 5.58. The second-order valence-electron chi connectivity index (χ2n) is 6.79. The second-order valence-corrected chi connectivity index (χ2v) is 9.08. The van der Waals surface area contributed by atoms with Gasteiger partial charge < -0.3 is 14.5 Å². The SMILES string of the molecule is O=S(=O)(c1ccc2c(c1)CCCN2CN1CCOC1=S)N1CCCC1. The van der Waals surface area contributed by atoms with Crippen molar-refractivity contribution in [1.82, 2.24) is 9.21 Å². The smallest absolute Gasteiger partial charge is 0.260 e. The Balaban J connectivity index is 1.58. The molecule has 3 aliphatic heterocycles. The minimum Gasteiger partial charge on any atom is -0.469 e. The minimum absolute atomic E-state index is 0.426. The summed E-state index contributed by atoms with van der Waals surface area (Å²) in [6.07, 6.45) is 3.84. The Morgan fingerprint density at radius 3 is 2.56 bits per heavy atom. The molecular formula is C17H23N3O3S2. The van der Waals surface area contributed by atoms with Gasteiger partial charge >= 0.3 is 0 Å². The van der Waals surface area contributed by atoms with Crippen molar-refractivity contribution in [3.63, 3.8) is 0 Å². The van der Waals surface area contributed by atoms with Crippen molar-refractivity contribution in [3.05, 3.63) is 23.8 Å². The zero-order valence-corrected chi connectivity index (χ0v) is 15.8. The largest absolute Gasteiger partial charge is 0.469 e. The van der Waals surface area contributed by atoms with E-state index in [9.17, 15) is 8.42 Å². The highest BCUT2D eigenvalue weighted by Crippen LogP contribution is 2.31. The van der Waals surface area contributed by atoms with E-state index in [0.29, 0.717) is 36.4 Å². The lowest BCUT2D eigenvalue weighted by Gasteiger charge is -2.34. The lowest BCUT2D eigenvalue weighted by atomic mass is 10.0. The molecule has 3 aliphatic rings. The molecule has 0 amide bonds. The third-order valence-corrected chi connectivity index (χ3v) is 7.43. The van der Waals surface area contributed by atoms with Crippen LogP contribution in [0.25, 0.3) is 0 Å². The molecule has 0 saturated carbocycles. The molecule has 136 valence electrons. The fraction of sp³-hybridized carbons (Fsp3) is 0.588. The first-order chi connectivity index (χ1) is 12.1. The molecule has 1 aromatic rings. The maximum atomic E-state index is 12.8. The summed E-state index contributed by atoms with van der Waals surface area (Å²) in [5, 5.41) is 0.556. The maximum Gasteiger partial charge on any atom is 0.260 e. The van der Waals surface area contributed by atoms with Gasteiger partial charge in [-0.05, 0) is 61.7 Å². The average molecular weight is 382 g/mol. The van der Waals surface area contributed by atoms with Crippen LogP contribution < -0.4 is 4.90 Å². The molecule has 0 N–H and O–H groups in total. The summed E-state index contributed by atoms with van der Waals surface area (Å²) in [6.45, 7) is 4.38. The van der Waals surface area contributed by atoms with E-state index in [1.807, 2.05) is 12.1 Å². The molecule has 0 bridgehead atoms. The van der Waals surface area contributed by atoms with Gasteiger partial charge in [-0.2, -0.15) is 4.31 Å². The molecule has 0 unspecified atom stereocenters. The normalized spacial score (nSPS) is 21.5. The van der Waals surface area contributed by atoms with Gasteiger partial charge in [0.1, 0.15) is 6.61 Å². The van der Waals surface area contributed by atoms with E-state index >= 15 is 0 Å². The second kappa shape index (κ2) is 6.74. The highest BCUT2D eigenvalue weighted by atomic mass is 32.2. The third kappa shape index (κ3) is 3.22. The first-order valence-electron chi connectivity index (χ1n) is 8.85. The first kappa shape index (κ1) is 17.1. The van der Waals surface area contributed by atoms with Crippen LogP contribution in [-0.4, -0.2) is 62.3 Å². The Morgan fingerprint density at radius 1 is 1.04 bits per heavy atom. The molecule has 6 nitrogen and oxygen atoms in total. The lowest BCUT2D eigenvalue weighted by molar-refractivity contribution is 0.360. The Morgan fingerprint density at radius 2 is 1.84 bits per heavy atom. The molecule has 4 rings (SSSR count). The van der Waals surface area contributed by atoms with Crippen LogP contribution in [-0.2, 0) is 21.2 Å². The van der Waals surface area contributed by atoms with Gasteiger partial charge in [0.15, 0.2) is 0 Å². The quantitative estimate of drug-likeness (QED) is 0.742. The van der Waals surface area contributed by atoms with Gasteiger partial charge in [-0.15, -0.1) is 0 Å². The summed E-state index contributed by atoms with van der Waals surface area (Å²) in [4.78, 5) is 4.75. The number of ether oxygens (including phenoxy) is 1. The third-order valence-electron chi connectivity index (χ3n) is 5.15. The molecule has 0 atom stereocenters. The van der Waals surface area contributed by atoms with E-state index in [0.717, 1.165) is 50.0 Å². The van der Waals surface area contributed by atoms with E-state index in [2.05, 4.69) is 9.80 Å². The molecule has 2 saturated heterocycles. The molecule has 0 radical (unpaired) electrons. The molecule has 0 aliphatic carbocycles. The van der Waals surface area contributed by atoms with Crippen LogP contribution in [0.3, 0.4) is 0 Å². The van der Waals surface area contributed by atoms with Crippen LogP contribution in [0, 0.1) is 0 Å². The van der Waals surface area contributed by atoms with E-state index < -0.39 is 10.0 Å². The van der Waals surface area contributed by atoms with E-state index in [1.54, 1.807) is 10.4 Å². The molecule has 0 aromatic heterocycles. The number of benzene rings is 1. The van der Waals surface area contributed by atoms with E-state index in [4.69, 9.17) is 17.0 Å². The number of thiocarbonyl (C=S) groups is 1. The van der Waals surface area contributed by atoms with Gasteiger partial charge in [-0.3, -0.25) is 0 Å². The van der Waals surface area contributed by atoms with Crippen LogP contribution in [0.5, 0.6) is 0 Å². The van der Waals surface area contributed by atoms with Crippen LogP contribution in [0.15, 0.2) is 23.1 Å². The highest BCUT2D eigenvalue weighted by molar-refractivity contribution is 7.89. The molecule has 8 heteroatoms. The molecule has 2 fully saturated rings. The summed E-state index contributed by atoms with van der Waals surface area (Å²) in [5.74, 6) is 0. The van der Waals surface area contributed by atoms with Gasteiger partial charge in [0, 0.05) is 25.3 Å². The molecule has 25 heavy (non-hydrogen) atoms. The number of anilines is 1. The van der Waals surface area contributed by atoms with Crippen molar-refractivity contribution in [2.75, 3.05) is 44.4 Å². The van der Waals surface area contributed by atoms with Crippen molar-refractivity contribution < 1.29 is 13.2 Å². The standard InChI is InChI=1S/C17H23N3O3S2/c21-25(22,20-8-1-2-9-20)15-5-6-16-14(12-15)4-3-7-18(16)13-19-10-11-23-17(19)24/h5-6,12H,1-4,7-11,13H2. The van der Waals surface area contributed by atoms with Gasteiger partial charge in [0.25, 0.3) is 5.17 Å². The Kier molecular flexibility index (Phi) is 4.59. The number of aryl methyl sites for hydroxylation is 1. The zero-order chi connectivity index (χ0) is 17.4. The Labute approximate surface area is 154 Å². The lowest BCUT2D eigenvalue weighted by Crippen LogP contribution is -2.41. The number of nitrogens with zero attached hydrogens (tertiary/aromatic N) is 3. The fourth-order valence-electron chi connectivity index (χ4n) is 3.80. The minimum atomic E-state index is -3.36. The molecular weight excluding hydrogens is 358 g/mol. The summed E-state index contributed by atoms with van der Waals surface area (Å²) >= 11 is 5.23. The van der Waals surface area contributed by atoms with Gasteiger partial charge in [0.05, 0.1) is 18.1 Å². The van der Waals surface area contributed by atoms with Crippen molar-refractivity contribution in [3.8, 4) is 0 Å². The summed E-state index contributed by atoms with van der Waals surface area (Å²) in [7, 11) is -3.36. The van der Waals surface area contributed by atoms with Crippen LogP contribution in [0.1, 0.15) is 24.8 Å². The zero-order valence-electron chi connectivity index (χ0n) is 14.2. The van der Waals surface area contributed by atoms with Crippen molar-refractivity contribution in [2.45, 2.75) is 30.6 Å². The Hall–Kier alpha value is -1.38. The predicted octanol–water partition coefficient (Wildman–Crippen LogP) is 1.80. The van der Waals surface area contributed by atoms with Gasteiger partial charge in [-0.25, -0.2) is 8.42 Å². The Bertz CT molecular complexity index is 775. The first-order valence-corrected chi connectivity index (χ1v) is 10.7. The maximum absolute atomic E-state index is 12.8. The van der Waals surface area contributed by atoms with E-state index in [1.165, 1.54) is 0 Å². The van der Waals surface area contributed by atoms with Gasteiger partial charge in [-0.1, -0.05) is 0 Å². The van der Waals surface area contributed by atoms with Crippen molar-refractivity contribution in [2.24, 2.45) is 0 Å². The van der Waals surface area contributed by atoms with Crippen molar-refractivity contribution >= 4 is 33.1 Å². The van der Waals surface area contributed by atoms with E-state index in [-0.39, 0.29) is 0 Å². The molecule has 3 heterocycles. The topological polar surface area (TPSA) is 53.1 Å². The number of fused-ring (bicyclic) bond motifs is 1. The number of hydrogen-bond acceptors (Lipinski definition) is 5. The monoisotopic (exact) mass is 381 g/mol. The number of rotatable bonds is 4. The number of hydrogen-bond donors (Lipinski definition) is 0. The highest BCUT2D eigenvalue weighted by Gasteiger charge is 2.29. The predicted molar refractivity (Wildman–Crippen MR) is 100 cm³/mol. The number of sulfonamides is 1. The average Bonchev–Trinajstić information content (AvgIpc) is 3.27. The summed E-state index contributed by atoms with van der Waals surface area (Å²) in [5.41, 5.74) is 2.22.